The van der Waals surface area contributed by atoms with Crippen molar-refractivity contribution in [3.05, 3.63) is 59.7 Å². The molecular formula is C18H20N4. The summed E-state index contributed by atoms with van der Waals surface area (Å²) in [6.45, 7) is 8.10. The van der Waals surface area contributed by atoms with Crippen LogP contribution in [0, 0.1) is 13.8 Å². The quantitative estimate of drug-likeness (QED) is 0.826. The number of amidine groups is 2. The lowest BCUT2D eigenvalue weighted by Crippen LogP contribution is -2.37. The Kier molecular flexibility index (Phi) is 3.67. The van der Waals surface area contributed by atoms with E-state index in [0.717, 1.165) is 23.0 Å². The van der Waals surface area contributed by atoms with Crippen LogP contribution < -0.4 is 10.0 Å². The van der Waals surface area contributed by atoms with E-state index >= 15 is 0 Å². The maximum absolute atomic E-state index is 4.71. The number of hydrogen-bond donors (Lipinski definition) is 0. The van der Waals surface area contributed by atoms with E-state index in [1.54, 1.807) is 0 Å². The summed E-state index contributed by atoms with van der Waals surface area (Å²) in [5.41, 5.74) is 4.48. The second kappa shape index (κ2) is 5.64. The van der Waals surface area contributed by atoms with Gasteiger partial charge in [-0.3, -0.25) is 0 Å². The number of benzene rings is 2. The Balaban J connectivity index is 1.96. The fraction of sp³-hybridized carbons (Fsp3) is 0.222. The van der Waals surface area contributed by atoms with E-state index in [0.29, 0.717) is 0 Å². The van der Waals surface area contributed by atoms with Crippen LogP contribution in [0.5, 0.6) is 0 Å². The van der Waals surface area contributed by atoms with E-state index in [9.17, 15) is 0 Å². The van der Waals surface area contributed by atoms with E-state index < -0.39 is 0 Å². The molecule has 1 aliphatic rings. The topological polar surface area (TPSA) is 31.2 Å². The molecule has 2 aromatic carbocycles. The first-order valence-corrected chi connectivity index (χ1v) is 7.38. The zero-order chi connectivity index (χ0) is 15.7. The minimum atomic E-state index is 0.845. The van der Waals surface area contributed by atoms with Gasteiger partial charge in [-0.05, 0) is 63.1 Å². The molecule has 4 nitrogen and oxygen atoms in total. The molecule has 3 rings (SSSR count). The van der Waals surface area contributed by atoms with Crippen LogP contribution in [0.4, 0.5) is 11.4 Å². The number of aryl methyl sites for hydroxylation is 2. The first-order valence-electron chi connectivity index (χ1n) is 7.38. The molecule has 0 radical (unpaired) electrons. The number of nitrogens with zero attached hydrogens (tertiary/aromatic N) is 4. The Bertz CT molecular complexity index is 696. The molecule has 0 aromatic heterocycles. The molecule has 1 aliphatic heterocycles. The maximum atomic E-state index is 4.71. The van der Waals surface area contributed by atoms with Gasteiger partial charge in [0.25, 0.3) is 0 Å². The molecule has 112 valence electrons. The lowest BCUT2D eigenvalue weighted by molar-refractivity contribution is 0.981. The number of rotatable bonds is 2. The van der Waals surface area contributed by atoms with Crippen molar-refractivity contribution in [1.29, 1.82) is 0 Å². The minimum absolute atomic E-state index is 0.845. The van der Waals surface area contributed by atoms with E-state index in [2.05, 4.69) is 38.1 Å². The van der Waals surface area contributed by atoms with E-state index in [-0.39, 0.29) is 0 Å². The van der Waals surface area contributed by atoms with Crippen molar-refractivity contribution in [3.8, 4) is 0 Å². The SMILES string of the molecule is CC1=NN(c2cccc(C)c2)C(C)=NN1c1cccc(C)c1. The second-order valence-corrected chi connectivity index (χ2v) is 5.60. The zero-order valence-electron chi connectivity index (χ0n) is 13.4. The third-order valence-corrected chi connectivity index (χ3v) is 3.59. The number of hydrogen-bond acceptors (Lipinski definition) is 4. The molecule has 0 amide bonds. The molecule has 0 bridgehead atoms. The largest absolute Gasteiger partial charge is 0.216 e. The summed E-state index contributed by atoms with van der Waals surface area (Å²) in [5, 5.41) is 13.2. The fourth-order valence-electron chi connectivity index (χ4n) is 2.53. The maximum Gasteiger partial charge on any atom is 0.148 e. The van der Waals surface area contributed by atoms with Gasteiger partial charge in [0.05, 0.1) is 11.4 Å². The Labute approximate surface area is 131 Å². The summed E-state index contributed by atoms with van der Waals surface area (Å²) < 4.78 is 0. The van der Waals surface area contributed by atoms with Gasteiger partial charge in [0.1, 0.15) is 11.7 Å². The van der Waals surface area contributed by atoms with Crippen LogP contribution in [-0.2, 0) is 0 Å². The van der Waals surface area contributed by atoms with Gasteiger partial charge in [-0.1, -0.05) is 24.3 Å². The molecule has 1 heterocycles. The molecule has 0 spiro atoms. The smallest absolute Gasteiger partial charge is 0.148 e. The highest BCUT2D eigenvalue weighted by Gasteiger charge is 2.20. The molecule has 4 heteroatoms. The van der Waals surface area contributed by atoms with E-state index in [1.807, 2.05) is 48.1 Å². The summed E-state index contributed by atoms with van der Waals surface area (Å²) in [5.74, 6) is 1.69. The van der Waals surface area contributed by atoms with Crippen LogP contribution in [0.3, 0.4) is 0 Å². The molecule has 0 aliphatic carbocycles. The average molecular weight is 292 g/mol. The highest BCUT2D eigenvalue weighted by atomic mass is 15.6. The molecule has 0 atom stereocenters. The standard InChI is InChI=1S/C18H20N4/c1-13-7-5-9-17(11-13)21-15(3)20-22(16(4)19-21)18-10-6-8-14(2)12-18/h5-12H,1-4H3. The van der Waals surface area contributed by atoms with Crippen molar-refractivity contribution in [2.24, 2.45) is 10.2 Å². The Morgan fingerprint density at radius 1 is 0.636 bits per heavy atom. The summed E-state index contributed by atoms with van der Waals surface area (Å²) in [4.78, 5) is 0. The average Bonchev–Trinajstić information content (AvgIpc) is 2.49. The first-order chi connectivity index (χ1) is 10.5. The van der Waals surface area contributed by atoms with Crippen molar-refractivity contribution in [2.45, 2.75) is 27.7 Å². The molecule has 0 unspecified atom stereocenters. The van der Waals surface area contributed by atoms with Gasteiger partial charge in [0.15, 0.2) is 0 Å². The van der Waals surface area contributed by atoms with Gasteiger partial charge in [-0.15, -0.1) is 0 Å². The number of hydrazone groups is 2. The van der Waals surface area contributed by atoms with E-state index in [4.69, 9.17) is 10.2 Å². The van der Waals surface area contributed by atoms with Crippen LogP contribution in [0.2, 0.25) is 0 Å². The zero-order valence-corrected chi connectivity index (χ0v) is 13.4. The lowest BCUT2D eigenvalue weighted by atomic mass is 10.2. The molecule has 0 saturated carbocycles. The summed E-state index contributed by atoms with van der Waals surface area (Å²) in [7, 11) is 0. The lowest BCUT2D eigenvalue weighted by Gasteiger charge is -2.30. The van der Waals surface area contributed by atoms with Gasteiger partial charge < -0.3 is 0 Å². The van der Waals surface area contributed by atoms with Gasteiger partial charge >= 0.3 is 0 Å². The normalized spacial score (nSPS) is 14.7. The Morgan fingerprint density at radius 2 is 1.05 bits per heavy atom. The van der Waals surface area contributed by atoms with Crippen molar-refractivity contribution >= 4 is 23.0 Å². The van der Waals surface area contributed by atoms with Gasteiger partial charge in [-0.25, -0.2) is 10.0 Å². The Hall–Kier alpha value is -2.62. The summed E-state index contributed by atoms with van der Waals surface area (Å²) in [6.07, 6.45) is 0. The summed E-state index contributed by atoms with van der Waals surface area (Å²) >= 11 is 0. The minimum Gasteiger partial charge on any atom is -0.216 e. The van der Waals surface area contributed by atoms with Gasteiger partial charge in [0, 0.05) is 0 Å². The van der Waals surface area contributed by atoms with Crippen molar-refractivity contribution in [1.82, 2.24) is 0 Å². The van der Waals surface area contributed by atoms with Crippen LogP contribution in [0.1, 0.15) is 25.0 Å². The highest BCUT2D eigenvalue weighted by molar-refractivity contribution is 6.06. The third-order valence-electron chi connectivity index (χ3n) is 3.59. The second-order valence-electron chi connectivity index (χ2n) is 5.60. The van der Waals surface area contributed by atoms with Crippen LogP contribution in [0.25, 0.3) is 0 Å². The van der Waals surface area contributed by atoms with Crippen LogP contribution >= 0.6 is 0 Å². The fourth-order valence-corrected chi connectivity index (χ4v) is 2.53. The highest BCUT2D eigenvalue weighted by Crippen LogP contribution is 2.24. The van der Waals surface area contributed by atoms with Gasteiger partial charge in [-0.2, -0.15) is 10.2 Å². The first kappa shape index (κ1) is 14.3. The molecule has 2 aromatic rings. The molecule has 0 saturated heterocycles. The predicted molar refractivity (Wildman–Crippen MR) is 93.5 cm³/mol. The Morgan fingerprint density at radius 3 is 1.41 bits per heavy atom. The molecule has 0 fully saturated rings. The molecular weight excluding hydrogens is 272 g/mol. The van der Waals surface area contributed by atoms with E-state index in [1.165, 1.54) is 11.1 Å². The van der Waals surface area contributed by atoms with Crippen LogP contribution in [-0.4, -0.2) is 11.7 Å². The molecule has 0 N–H and O–H groups in total. The molecule has 22 heavy (non-hydrogen) atoms. The van der Waals surface area contributed by atoms with Crippen molar-refractivity contribution in [3.63, 3.8) is 0 Å². The monoisotopic (exact) mass is 292 g/mol. The summed E-state index contributed by atoms with van der Waals surface area (Å²) in [6, 6.07) is 16.5. The predicted octanol–water partition coefficient (Wildman–Crippen LogP) is 4.30. The van der Waals surface area contributed by atoms with Crippen molar-refractivity contribution in [2.75, 3.05) is 10.0 Å². The van der Waals surface area contributed by atoms with Gasteiger partial charge in [0.2, 0.25) is 0 Å². The number of anilines is 2. The third kappa shape index (κ3) is 2.72. The van der Waals surface area contributed by atoms with Crippen LogP contribution in [0.15, 0.2) is 58.7 Å². The van der Waals surface area contributed by atoms with Crippen molar-refractivity contribution < 1.29 is 0 Å².